The number of phenols is 1. The number of rotatable bonds is 3. The summed E-state index contributed by atoms with van der Waals surface area (Å²) in [6, 6.07) is 16.0. The maximum atomic E-state index is 12.5. The highest BCUT2D eigenvalue weighted by Crippen LogP contribution is 2.34. The van der Waals surface area contributed by atoms with Gasteiger partial charge in [-0.25, -0.2) is 4.98 Å². The average molecular weight is 543 g/mol. The zero-order chi connectivity index (χ0) is 22.1. The normalized spacial score (nSPS) is 10.8. The second-order valence-corrected chi connectivity index (χ2v) is 8.64. The summed E-state index contributed by atoms with van der Waals surface area (Å²) in [5.74, 6) is 0.0326. The Kier molecular flexibility index (Phi) is 5.92. The number of aromatic hydroxyl groups is 1. The van der Waals surface area contributed by atoms with E-state index in [-0.39, 0.29) is 16.8 Å². The largest absolute Gasteiger partial charge is 0.507 e. The fourth-order valence-corrected chi connectivity index (χ4v) is 4.10. The van der Waals surface area contributed by atoms with Crippen molar-refractivity contribution in [2.75, 3.05) is 5.32 Å². The first-order chi connectivity index (χ1) is 14.8. The molecule has 0 aliphatic rings. The van der Waals surface area contributed by atoms with E-state index in [9.17, 15) is 9.90 Å². The second kappa shape index (κ2) is 8.64. The highest BCUT2D eigenvalue weighted by Gasteiger charge is 2.16. The Morgan fingerprint density at radius 1 is 1.13 bits per heavy atom. The number of oxazole rings is 1. The van der Waals surface area contributed by atoms with E-state index in [0.29, 0.717) is 28.3 Å². The number of aryl methyl sites for hydroxylation is 2. The summed E-state index contributed by atoms with van der Waals surface area (Å²) >= 11 is 7.39. The molecule has 1 amide bonds. The number of carbonyl (C=O) groups is 1. The van der Waals surface area contributed by atoms with Gasteiger partial charge in [-0.2, -0.15) is 0 Å². The molecular formula is C23H18IN3O3S. The van der Waals surface area contributed by atoms with Crippen LogP contribution in [0.1, 0.15) is 21.5 Å². The first-order valence-corrected chi connectivity index (χ1v) is 10.9. The van der Waals surface area contributed by atoms with E-state index in [4.69, 9.17) is 16.6 Å². The van der Waals surface area contributed by atoms with Crippen molar-refractivity contribution in [2.24, 2.45) is 0 Å². The summed E-state index contributed by atoms with van der Waals surface area (Å²) in [6.45, 7) is 3.95. The molecule has 0 saturated carbocycles. The minimum atomic E-state index is -0.300. The number of phenolic OH excluding ortho intramolecular Hbond substituents is 1. The third-order valence-electron chi connectivity index (χ3n) is 4.65. The van der Waals surface area contributed by atoms with Crippen molar-refractivity contribution in [3.63, 3.8) is 0 Å². The molecule has 1 aromatic heterocycles. The van der Waals surface area contributed by atoms with E-state index in [1.165, 1.54) is 6.07 Å². The molecule has 0 aliphatic carbocycles. The number of hydrogen-bond donors (Lipinski definition) is 3. The Morgan fingerprint density at radius 2 is 1.90 bits per heavy atom. The van der Waals surface area contributed by atoms with Gasteiger partial charge < -0.3 is 14.8 Å². The maximum absolute atomic E-state index is 12.5. The van der Waals surface area contributed by atoms with Crippen LogP contribution in [-0.4, -0.2) is 21.1 Å². The summed E-state index contributed by atoms with van der Waals surface area (Å²) in [4.78, 5) is 17.0. The number of hydrogen-bond acceptors (Lipinski definition) is 5. The number of amides is 1. The van der Waals surface area contributed by atoms with Crippen molar-refractivity contribution >= 4 is 62.6 Å². The van der Waals surface area contributed by atoms with Crippen LogP contribution in [0.15, 0.2) is 59.0 Å². The first-order valence-electron chi connectivity index (χ1n) is 9.40. The van der Waals surface area contributed by atoms with Crippen molar-refractivity contribution in [1.29, 1.82) is 0 Å². The molecule has 156 valence electrons. The van der Waals surface area contributed by atoms with Crippen LogP contribution < -0.4 is 10.6 Å². The highest BCUT2D eigenvalue weighted by molar-refractivity contribution is 14.1. The number of nitrogens with zero attached hydrogens (tertiary/aromatic N) is 1. The number of benzene rings is 3. The molecule has 0 saturated heterocycles. The van der Waals surface area contributed by atoms with Crippen LogP contribution in [0, 0.1) is 17.4 Å². The van der Waals surface area contributed by atoms with Gasteiger partial charge in [0.15, 0.2) is 10.7 Å². The predicted molar refractivity (Wildman–Crippen MR) is 133 cm³/mol. The van der Waals surface area contributed by atoms with Gasteiger partial charge in [-0.3, -0.25) is 10.1 Å². The van der Waals surface area contributed by atoms with Gasteiger partial charge in [-0.15, -0.1) is 0 Å². The van der Waals surface area contributed by atoms with E-state index in [2.05, 4.69) is 38.2 Å². The van der Waals surface area contributed by atoms with Gasteiger partial charge >= 0.3 is 0 Å². The lowest BCUT2D eigenvalue weighted by atomic mass is 10.1. The van der Waals surface area contributed by atoms with E-state index in [1.807, 2.05) is 38.1 Å². The molecule has 0 radical (unpaired) electrons. The molecule has 4 rings (SSSR count). The van der Waals surface area contributed by atoms with Crippen LogP contribution in [0.2, 0.25) is 0 Å². The summed E-state index contributed by atoms with van der Waals surface area (Å²) in [5.41, 5.74) is 5.00. The fraction of sp³-hybridized carbons (Fsp3) is 0.0870. The molecule has 31 heavy (non-hydrogen) atoms. The second-order valence-electron chi connectivity index (χ2n) is 7.07. The average Bonchev–Trinajstić information content (AvgIpc) is 3.13. The van der Waals surface area contributed by atoms with E-state index in [1.54, 1.807) is 24.3 Å². The van der Waals surface area contributed by atoms with Crippen molar-refractivity contribution in [3.8, 4) is 17.2 Å². The Bertz CT molecular complexity index is 1330. The minimum Gasteiger partial charge on any atom is -0.507 e. The lowest BCUT2D eigenvalue weighted by Gasteiger charge is -2.11. The molecule has 0 aliphatic heterocycles. The van der Waals surface area contributed by atoms with Crippen LogP contribution in [0.4, 0.5) is 5.69 Å². The Balaban J connectivity index is 1.57. The van der Waals surface area contributed by atoms with Gasteiger partial charge in [0, 0.05) is 9.26 Å². The molecule has 0 atom stereocenters. The van der Waals surface area contributed by atoms with E-state index < -0.39 is 0 Å². The molecule has 1 heterocycles. The highest BCUT2D eigenvalue weighted by atomic mass is 127. The third-order valence-corrected chi connectivity index (χ3v) is 5.80. The van der Waals surface area contributed by atoms with Crippen molar-refractivity contribution < 1.29 is 14.3 Å². The molecule has 4 aromatic rings. The lowest BCUT2D eigenvalue weighted by molar-refractivity contribution is 0.0977. The van der Waals surface area contributed by atoms with Crippen LogP contribution in [-0.2, 0) is 0 Å². The van der Waals surface area contributed by atoms with Crippen molar-refractivity contribution in [2.45, 2.75) is 13.8 Å². The molecule has 0 bridgehead atoms. The number of anilines is 1. The molecule has 0 fully saturated rings. The Labute approximate surface area is 197 Å². The number of carbonyl (C=O) groups excluding carboxylic acids is 1. The topological polar surface area (TPSA) is 87.4 Å². The summed E-state index contributed by atoms with van der Waals surface area (Å²) < 4.78 is 6.74. The molecule has 0 spiro atoms. The zero-order valence-corrected chi connectivity index (χ0v) is 19.7. The monoisotopic (exact) mass is 543 g/mol. The van der Waals surface area contributed by atoms with Gasteiger partial charge in [-0.05, 0) is 96.2 Å². The quantitative estimate of drug-likeness (QED) is 0.179. The van der Waals surface area contributed by atoms with Gasteiger partial charge in [0.05, 0.1) is 11.1 Å². The molecule has 0 unspecified atom stereocenters. The van der Waals surface area contributed by atoms with Crippen molar-refractivity contribution in [3.05, 3.63) is 74.9 Å². The number of aromatic nitrogens is 1. The smallest absolute Gasteiger partial charge is 0.258 e. The Hall–Kier alpha value is -2.98. The number of fused-ring (bicyclic) bond motifs is 1. The van der Waals surface area contributed by atoms with Crippen LogP contribution >= 0.6 is 34.8 Å². The molecule has 3 N–H and O–H groups in total. The van der Waals surface area contributed by atoms with E-state index in [0.717, 1.165) is 20.2 Å². The molecule has 3 aromatic carbocycles. The first kappa shape index (κ1) is 21.3. The zero-order valence-electron chi connectivity index (χ0n) is 16.7. The summed E-state index contributed by atoms with van der Waals surface area (Å²) in [7, 11) is 0. The Morgan fingerprint density at radius 3 is 2.68 bits per heavy atom. The fourth-order valence-electron chi connectivity index (χ4n) is 3.26. The number of halogens is 1. The van der Waals surface area contributed by atoms with Gasteiger partial charge in [0.2, 0.25) is 5.89 Å². The van der Waals surface area contributed by atoms with Crippen LogP contribution in [0.25, 0.3) is 22.6 Å². The summed E-state index contributed by atoms with van der Waals surface area (Å²) in [6.07, 6.45) is 0. The van der Waals surface area contributed by atoms with Gasteiger partial charge in [-0.1, -0.05) is 18.2 Å². The van der Waals surface area contributed by atoms with Crippen LogP contribution in [0.5, 0.6) is 5.75 Å². The SMILES string of the molecule is Cc1cc(C)c2oc(-c3cc(NC(=S)NC(=O)c4ccccc4I)ccc3O)nc2c1. The van der Waals surface area contributed by atoms with Gasteiger partial charge in [0.25, 0.3) is 5.91 Å². The minimum absolute atomic E-state index is 0.0280. The number of nitrogens with one attached hydrogen (secondary N) is 2. The van der Waals surface area contributed by atoms with Gasteiger partial charge in [0.1, 0.15) is 11.3 Å². The van der Waals surface area contributed by atoms with Crippen LogP contribution in [0.3, 0.4) is 0 Å². The molecular weight excluding hydrogens is 525 g/mol. The maximum Gasteiger partial charge on any atom is 0.258 e. The summed E-state index contributed by atoms with van der Waals surface area (Å²) in [5, 5.41) is 16.1. The van der Waals surface area contributed by atoms with Crippen molar-refractivity contribution in [1.82, 2.24) is 10.3 Å². The standard InChI is InChI=1S/C23H18IN3O3S/c1-12-9-13(2)20-18(10-12)26-22(30-20)16-11-14(7-8-19(16)28)25-23(31)27-21(29)15-5-3-4-6-17(15)24/h3-11,28H,1-2H3,(H2,25,27,29,31). The number of thiocarbonyl (C=S) groups is 1. The third kappa shape index (κ3) is 4.54. The molecule has 6 nitrogen and oxygen atoms in total. The molecule has 8 heteroatoms. The predicted octanol–water partition coefficient (Wildman–Crippen LogP) is 5.55. The van der Waals surface area contributed by atoms with E-state index >= 15 is 0 Å². The lowest BCUT2D eigenvalue weighted by Crippen LogP contribution is -2.34.